The van der Waals surface area contributed by atoms with Gasteiger partial charge in [-0.2, -0.15) is 44.6 Å². The topological polar surface area (TPSA) is 71.8 Å². The number of fused-ring (bicyclic) bond motifs is 1. The van der Waals surface area contributed by atoms with Gasteiger partial charge in [-0.25, -0.2) is 14.3 Å². The van der Waals surface area contributed by atoms with Gasteiger partial charge in [0.1, 0.15) is 11.1 Å². The summed E-state index contributed by atoms with van der Waals surface area (Å²) in [4.78, 5) is 17.0. The Morgan fingerprint density at radius 3 is 2.32 bits per heavy atom. The second-order valence-electron chi connectivity index (χ2n) is 8.71. The molecule has 226 valence electrons. The fraction of sp³-hybridized carbons (Fsp3) is 0.458. The normalized spacial score (nSPS) is 14.1. The Morgan fingerprint density at radius 1 is 1.10 bits per heavy atom. The molecule has 41 heavy (non-hydrogen) atoms. The first kappa shape index (κ1) is 32.1. The van der Waals surface area contributed by atoms with Crippen molar-refractivity contribution >= 4 is 23.3 Å². The van der Waals surface area contributed by atoms with E-state index in [-0.39, 0.29) is 16.3 Å². The molecule has 3 heterocycles. The van der Waals surface area contributed by atoms with E-state index in [2.05, 4.69) is 10.1 Å². The quantitative estimate of drug-likeness (QED) is 0.206. The van der Waals surface area contributed by atoms with Crippen molar-refractivity contribution in [3.63, 3.8) is 0 Å². The highest BCUT2D eigenvalue weighted by molar-refractivity contribution is 7.98. The van der Waals surface area contributed by atoms with E-state index in [4.69, 9.17) is 4.74 Å². The number of carbonyl (C=O) groups is 1. The molecule has 0 aliphatic rings. The molecule has 0 saturated heterocycles. The van der Waals surface area contributed by atoms with Crippen molar-refractivity contribution in [2.24, 2.45) is 0 Å². The zero-order chi connectivity index (χ0) is 30.8. The molecule has 0 aliphatic carbocycles. The van der Waals surface area contributed by atoms with Gasteiger partial charge in [0.25, 0.3) is 0 Å². The molecule has 0 saturated carbocycles. The van der Waals surface area contributed by atoms with Crippen LogP contribution >= 0.6 is 11.8 Å². The Hall–Kier alpha value is -3.37. The number of carbonyl (C=O) groups excluding carboxylic acids is 1. The molecule has 3 rings (SSSR count). The first-order chi connectivity index (χ1) is 19.0. The molecule has 0 radical (unpaired) electrons. The molecule has 2 amide bonds. The van der Waals surface area contributed by atoms with Gasteiger partial charge in [0.15, 0.2) is 6.04 Å². The van der Waals surface area contributed by atoms with Gasteiger partial charge in [-0.15, -0.1) is 11.8 Å². The van der Waals surface area contributed by atoms with Crippen LogP contribution in [0, 0.1) is 0 Å². The zero-order valence-electron chi connectivity index (χ0n) is 21.7. The lowest BCUT2D eigenvalue weighted by Crippen LogP contribution is -2.53. The maximum absolute atomic E-state index is 14.4. The van der Waals surface area contributed by atoms with Gasteiger partial charge in [0, 0.05) is 36.4 Å². The minimum atomic E-state index is -5.34. The second kappa shape index (κ2) is 12.2. The van der Waals surface area contributed by atoms with Gasteiger partial charge in [0.05, 0.1) is 18.8 Å². The number of aromatic nitrogens is 3. The monoisotopic (exact) mass is 617 g/mol. The minimum Gasteiger partial charge on any atom is -0.481 e. The van der Waals surface area contributed by atoms with Crippen LogP contribution in [0.15, 0.2) is 41.7 Å². The van der Waals surface area contributed by atoms with E-state index >= 15 is 0 Å². The number of amides is 2. The van der Waals surface area contributed by atoms with E-state index in [0.717, 1.165) is 30.9 Å². The third-order valence-electron chi connectivity index (χ3n) is 6.00. The van der Waals surface area contributed by atoms with Crippen LogP contribution in [0.4, 0.5) is 44.3 Å². The summed E-state index contributed by atoms with van der Waals surface area (Å²) >= 11 is 1.11. The van der Waals surface area contributed by atoms with Gasteiger partial charge in [-0.05, 0) is 43.4 Å². The number of thioether (sulfide) groups is 1. The second-order valence-corrected chi connectivity index (χ2v) is 9.50. The first-order valence-electron chi connectivity index (χ1n) is 11.8. The maximum Gasteiger partial charge on any atom is 0.413 e. The van der Waals surface area contributed by atoms with E-state index in [1.165, 1.54) is 29.2 Å². The zero-order valence-corrected chi connectivity index (χ0v) is 22.5. The van der Waals surface area contributed by atoms with Gasteiger partial charge < -0.3 is 15.0 Å². The maximum atomic E-state index is 14.4. The molecule has 17 heteroatoms. The van der Waals surface area contributed by atoms with Crippen LogP contribution in [0.25, 0.3) is 16.6 Å². The average Bonchev–Trinajstić information content (AvgIpc) is 3.35. The van der Waals surface area contributed by atoms with Crippen molar-refractivity contribution in [2.45, 2.75) is 55.4 Å². The van der Waals surface area contributed by atoms with Gasteiger partial charge >= 0.3 is 24.6 Å². The lowest BCUT2D eigenvalue weighted by Gasteiger charge is -2.34. The smallest absolute Gasteiger partial charge is 0.413 e. The Bertz CT molecular complexity index is 1360. The van der Waals surface area contributed by atoms with Crippen LogP contribution < -0.4 is 10.1 Å². The highest BCUT2D eigenvalue weighted by atomic mass is 32.2. The Labute approximate surface area is 232 Å². The number of pyridine rings is 2. The van der Waals surface area contributed by atoms with Crippen molar-refractivity contribution in [1.29, 1.82) is 0 Å². The van der Waals surface area contributed by atoms with E-state index in [0.29, 0.717) is 16.1 Å². The molecule has 1 N–H and O–H groups in total. The molecule has 7 nitrogen and oxygen atoms in total. The van der Waals surface area contributed by atoms with Crippen molar-refractivity contribution in [3.05, 3.63) is 42.2 Å². The molecule has 2 atom stereocenters. The van der Waals surface area contributed by atoms with Crippen molar-refractivity contribution < 1.29 is 49.0 Å². The molecule has 0 spiro atoms. The van der Waals surface area contributed by atoms with Gasteiger partial charge in [-0.3, -0.25) is 0 Å². The Kier molecular flexibility index (Phi) is 9.60. The number of nitrogens with one attached hydrogen (secondary N) is 1. The SMILES string of the molecule is CCN(C(=O)N[C@@H](CCC(F)(F)F)C(F)(F)F)C(c1cnc(SC)c(-c2cc(OC)n3nccc3c2)c1)C(F)(F)F. The van der Waals surface area contributed by atoms with E-state index in [1.807, 2.05) is 0 Å². The van der Waals surface area contributed by atoms with Gasteiger partial charge in [-0.1, -0.05) is 0 Å². The predicted octanol–water partition coefficient (Wildman–Crippen LogP) is 7.04. The molecule has 0 fully saturated rings. The van der Waals surface area contributed by atoms with Crippen LogP contribution in [0.5, 0.6) is 5.88 Å². The molecule has 0 bridgehead atoms. The number of halogens is 9. The number of rotatable bonds is 9. The lowest BCUT2D eigenvalue weighted by molar-refractivity contribution is -0.181. The van der Waals surface area contributed by atoms with Crippen LogP contribution in [-0.4, -0.2) is 70.0 Å². The fourth-order valence-corrected chi connectivity index (χ4v) is 4.69. The number of ether oxygens (including phenoxy) is 1. The lowest BCUT2D eigenvalue weighted by atomic mass is 10.0. The first-order valence-corrected chi connectivity index (χ1v) is 13.1. The standard InChI is InChI=1S/C24H24F9N5O2S/c1-4-37(21(39)36-17(23(28,29)30)5-7-22(25,26)27)19(24(31,32)33)14-10-16(20(41-3)34-12-14)13-9-15-6-8-35-38(15)18(11-13)40-2/h6,8-12,17,19H,4-5,7H2,1-3H3,(H,36,39)/t17-,19?/m0/s1. The van der Waals surface area contributed by atoms with E-state index < -0.39 is 61.6 Å². The summed E-state index contributed by atoms with van der Waals surface area (Å²) in [5, 5.41) is 5.71. The summed E-state index contributed by atoms with van der Waals surface area (Å²) in [6, 6.07) is -1.79. The predicted molar refractivity (Wildman–Crippen MR) is 132 cm³/mol. The van der Waals surface area contributed by atoms with Crippen molar-refractivity contribution in [2.75, 3.05) is 19.9 Å². The van der Waals surface area contributed by atoms with Crippen molar-refractivity contribution in [3.8, 4) is 17.0 Å². The molecule has 0 aromatic carbocycles. The number of urea groups is 1. The third kappa shape index (κ3) is 7.68. The minimum absolute atomic E-state index is 0.0760. The Morgan fingerprint density at radius 2 is 1.78 bits per heavy atom. The number of alkyl halides is 9. The van der Waals surface area contributed by atoms with Crippen molar-refractivity contribution in [1.82, 2.24) is 24.8 Å². The molecule has 3 aromatic rings. The summed E-state index contributed by atoms with van der Waals surface area (Å²) in [5.41, 5.74) is 0.552. The highest BCUT2D eigenvalue weighted by Crippen LogP contribution is 2.41. The van der Waals surface area contributed by atoms with E-state index in [1.54, 1.807) is 18.4 Å². The Balaban J connectivity index is 2.06. The fourth-order valence-electron chi connectivity index (χ4n) is 4.14. The molecule has 0 aliphatic heterocycles. The molecular weight excluding hydrogens is 593 g/mol. The molecule has 3 aromatic heterocycles. The summed E-state index contributed by atoms with van der Waals surface area (Å²) in [6.45, 7) is 0.370. The summed E-state index contributed by atoms with van der Waals surface area (Å²) in [7, 11) is 1.37. The third-order valence-corrected chi connectivity index (χ3v) is 6.71. The highest BCUT2D eigenvalue weighted by Gasteiger charge is 2.49. The summed E-state index contributed by atoms with van der Waals surface area (Å²) < 4.78 is 128. The number of hydrogen-bond donors (Lipinski definition) is 1. The molecule has 1 unspecified atom stereocenters. The number of nitrogens with zero attached hydrogens (tertiary/aromatic N) is 4. The van der Waals surface area contributed by atoms with Crippen LogP contribution in [0.1, 0.15) is 31.4 Å². The number of hydrogen-bond acceptors (Lipinski definition) is 5. The average molecular weight is 618 g/mol. The van der Waals surface area contributed by atoms with Gasteiger partial charge in [0.2, 0.25) is 5.88 Å². The van der Waals surface area contributed by atoms with E-state index in [9.17, 15) is 44.3 Å². The summed E-state index contributed by atoms with van der Waals surface area (Å²) in [6.07, 6.45) is -15.0. The van der Waals surface area contributed by atoms with Crippen LogP contribution in [0.2, 0.25) is 0 Å². The largest absolute Gasteiger partial charge is 0.481 e. The molecular formula is C24H24F9N5O2S. The summed E-state index contributed by atoms with van der Waals surface area (Å²) in [5.74, 6) is 0.249. The van der Waals surface area contributed by atoms with Crippen LogP contribution in [0.3, 0.4) is 0 Å². The van der Waals surface area contributed by atoms with Crippen LogP contribution in [-0.2, 0) is 0 Å². The number of methoxy groups -OCH3 is 1.